The summed E-state index contributed by atoms with van der Waals surface area (Å²) in [5.41, 5.74) is 5.22. The Morgan fingerprint density at radius 3 is 2.57 bits per heavy atom. The molecule has 0 saturated heterocycles. The maximum absolute atomic E-state index is 13.6. The normalized spacial score (nSPS) is 13.3. The Labute approximate surface area is 128 Å². The maximum atomic E-state index is 13.6. The van der Waals surface area contributed by atoms with E-state index in [0.717, 1.165) is 6.07 Å². The second-order valence-electron chi connectivity index (χ2n) is 4.99. The zero-order valence-electron chi connectivity index (χ0n) is 11.7. The highest BCUT2D eigenvalue weighted by Gasteiger charge is 2.35. The lowest BCUT2D eigenvalue weighted by molar-refractivity contribution is -0.138. The molecule has 7 heteroatoms. The molecule has 23 heavy (non-hydrogen) atoms. The Morgan fingerprint density at radius 1 is 1.04 bits per heavy atom. The predicted molar refractivity (Wildman–Crippen MR) is 77.0 cm³/mol. The van der Waals surface area contributed by atoms with E-state index >= 15 is 0 Å². The van der Waals surface area contributed by atoms with E-state index in [4.69, 9.17) is 5.73 Å². The second-order valence-corrected chi connectivity index (χ2v) is 4.99. The molecule has 1 unspecified atom stereocenters. The molecule has 3 rings (SSSR count). The molecule has 0 aliphatic rings. The van der Waals surface area contributed by atoms with Gasteiger partial charge in [-0.3, -0.25) is 9.97 Å². The Bertz CT molecular complexity index is 861. The summed E-state index contributed by atoms with van der Waals surface area (Å²) in [6.07, 6.45) is -2.04. The molecule has 0 saturated carbocycles. The van der Waals surface area contributed by atoms with Crippen LogP contribution in [0.25, 0.3) is 10.9 Å². The number of nitrogens with zero attached hydrogens (tertiary/aromatic N) is 2. The molecule has 3 nitrogen and oxygen atoms in total. The van der Waals surface area contributed by atoms with Gasteiger partial charge in [-0.15, -0.1) is 0 Å². The molecule has 0 fully saturated rings. The van der Waals surface area contributed by atoms with Gasteiger partial charge >= 0.3 is 6.18 Å². The Morgan fingerprint density at radius 2 is 1.83 bits per heavy atom. The maximum Gasteiger partial charge on any atom is 0.418 e. The molecule has 0 radical (unpaired) electrons. The van der Waals surface area contributed by atoms with Crippen molar-refractivity contribution in [3.63, 3.8) is 0 Å². The van der Waals surface area contributed by atoms with E-state index in [1.54, 1.807) is 6.07 Å². The van der Waals surface area contributed by atoms with Crippen molar-refractivity contribution in [1.29, 1.82) is 0 Å². The molecule has 1 aromatic carbocycles. The van der Waals surface area contributed by atoms with Gasteiger partial charge in [-0.05, 0) is 29.8 Å². The highest BCUT2D eigenvalue weighted by Crippen LogP contribution is 2.34. The van der Waals surface area contributed by atoms with Gasteiger partial charge in [0.15, 0.2) is 0 Å². The van der Waals surface area contributed by atoms with Gasteiger partial charge < -0.3 is 5.73 Å². The number of hydrogen-bond donors (Lipinski definition) is 1. The third kappa shape index (κ3) is 2.87. The molecule has 2 aromatic heterocycles. The number of hydrogen-bond acceptors (Lipinski definition) is 3. The lowest BCUT2D eigenvalue weighted by Gasteiger charge is -2.17. The smallest absolute Gasteiger partial charge is 0.319 e. The first-order valence-electron chi connectivity index (χ1n) is 6.70. The minimum atomic E-state index is -4.56. The van der Waals surface area contributed by atoms with Crippen LogP contribution in [-0.2, 0) is 6.18 Å². The zero-order chi connectivity index (χ0) is 16.6. The summed E-state index contributed by atoms with van der Waals surface area (Å²) in [6, 6.07) is 6.90. The minimum absolute atomic E-state index is 0.139. The van der Waals surface area contributed by atoms with Gasteiger partial charge in [0.1, 0.15) is 11.3 Å². The first-order valence-corrected chi connectivity index (χ1v) is 6.70. The Balaban J connectivity index is 2.09. The van der Waals surface area contributed by atoms with Gasteiger partial charge in [-0.1, -0.05) is 12.1 Å². The van der Waals surface area contributed by atoms with Crippen molar-refractivity contribution >= 4 is 10.9 Å². The summed E-state index contributed by atoms with van der Waals surface area (Å²) in [7, 11) is 0. The lowest BCUT2D eigenvalue weighted by atomic mass is 10.00. The van der Waals surface area contributed by atoms with Crippen LogP contribution in [0.3, 0.4) is 0 Å². The van der Waals surface area contributed by atoms with Crippen LogP contribution in [-0.4, -0.2) is 9.97 Å². The fourth-order valence-electron chi connectivity index (χ4n) is 2.37. The summed E-state index contributed by atoms with van der Waals surface area (Å²) in [6.45, 7) is 0. The number of fused-ring (bicyclic) bond motifs is 1. The molecule has 2 N–H and O–H groups in total. The average Bonchev–Trinajstić information content (AvgIpc) is 2.53. The van der Waals surface area contributed by atoms with Crippen LogP contribution < -0.4 is 5.73 Å². The number of halogens is 4. The monoisotopic (exact) mass is 321 g/mol. The van der Waals surface area contributed by atoms with Crippen molar-refractivity contribution in [2.45, 2.75) is 12.2 Å². The van der Waals surface area contributed by atoms with Crippen LogP contribution in [0.4, 0.5) is 17.6 Å². The molecule has 0 bridgehead atoms. The quantitative estimate of drug-likeness (QED) is 0.730. The van der Waals surface area contributed by atoms with Crippen LogP contribution in [0.5, 0.6) is 0 Å². The summed E-state index contributed by atoms with van der Waals surface area (Å²) in [5, 5.41) is 0.461. The molecule has 3 aromatic rings. The largest absolute Gasteiger partial charge is 0.418 e. The van der Waals surface area contributed by atoms with Gasteiger partial charge in [-0.2, -0.15) is 13.2 Å². The van der Waals surface area contributed by atoms with E-state index in [2.05, 4.69) is 9.97 Å². The van der Waals surface area contributed by atoms with E-state index in [9.17, 15) is 17.6 Å². The fraction of sp³-hybridized carbons (Fsp3) is 0.125. The van der Waals surface area contributed by atoms with Crippen molar-refractivity contribution in [3.8, 4) is 0 Å². The van der Waals surface area contributed by atoms with Gasteiger partial charge in [0.05, 0.1) is 17.3 Å². The van der Waals surface area contributed by atoms with Crippen molar-refractivity contribution in [2.75, 3.05) is 0 Å². The molecule has 0 aliphatic heterocycles. The van der Waals surface area contributed by atoms with Crippen molar-refractivity contribution < 1.29 is 17.6 Å². The second kappa shape index (κ2) is 5.58. The third-order valence-electron chi connectivity index (χ3n) is 3.48. The molecule has 0 spiro atoms. The van der Waals surface area contributed by atoms with Crippen LogP contribution >= 0.6 is 0 Å². The first-order chi connectivity index (χ1) is 10.9. The highest BCUT2D eigenvalue weighted by atomic mass is 19.4. The summed E-state index contributed by atoms with van der Waals surface area (Å²) >= 11 is 0. The Kier molecular flexibility index (Phi) is 3.73. The first kappa shape index (κ1) is 15.4. The molecular weight excluding hydrogens is 310 g/mol. The summed E-state index contributed by atoms with van der Waals surface area (Å²) in [5.74, 6) is -0.503. The fourth-order valence-corrected chi connectivity index (χ4v) is 2.37. The van der Waals surface area contributed by atoms with Crippen molar-refractivity contribution in [2.24, 2.45) is 5.73 Å². The molecule has 2 heterocycles. The number of alkyl halides is 3. The van der Waals surface area contributed by atoms with Crippen molar-refractivity contribution in [3.05, 3.63) is 71.4 Å². The van der Waals surface area contributed by atoms with Gasteiger partial charge in [0, 0.05) is 17.8 Å². The van der Waals surface area contributed by atoms with E-state index in [1.165, 1.54) is 36.7 Å². The number of benzene rings is 1. The molecule has 0 aliphatic carbocycles. The van der Waals surface area contributed by atoms with E-state index < -0.39 is 23.6 Å². The SMILES string of the molecule is NC(c1cnc2c(F)cccc2c1)c1ncccc1C(F)(F)F. The molecule has 1 atom stereocenters. The molecular formula is C16H11F4N3. The van der Waals surface area contributed by atoms with Crippen LogP contribution in [0.2, 0.25) is 0 Å². The summed E-state index contributed by atoms with van der Waals surface area (Å²) < 4.78 is 52.8. The van der Waals surface area contributed by atoms with Gasteiger partial charge in [-0.25, -0.2) is 4.39 Å². The number of aromatic nitrogens is 2. The zero-order valence-corrected chi connectivity index (χ0v) is 11.7. The standard InChI is InChI=1S/C16H11F4N3/c17-12-5-1-3-9-7-10(8-23-14(9)12)13(21)15-11(16(18,19)20)4-2-6-22-15/h1-8,13H,21H2. The predicted octanol–water partition coefficient (Wildman–Crippen LogP) is 3.84. The minimum Gasteiger partial charge on any atom is -0.319 e. The summed E-state index contributed by atoms with van der Waals surface area (Å²) in [4.78, 5) is 7.73. The number of para-hydroxylation sites is 1. The number of pyridine rings is 2. The van der Waals surface area contributed by atoms with E-state index in [0.29, 0.717) is 10.9 Å². The van der Waals surface area contributed by atoms with Crippen molar-refractivity contribution in [1.82, 2.24) is 9.97 Å². The molecule has 118 valence electrons. The van der Waals surface area contributed by atoms with Crippen LogP contribution in [0.15, 0.2) is 48.8 Å². The number of rotatable bonds is 2. The Hall–Kier alpha value is -2.54. The van der Waals surface area contributed by atoms with E-state index in [1.807, 2.05) is 0 Å². The van der Waals surface area contributed by atoms with Gasteiger partial charge in [0.2, 0.25) is 0 Å². The third-order valence-corrected chi connectivity index (χ3v) is 3.48. The number of nitrogens with two attached hydrogens (primary N) is 1. The average molecular weight is 321 g/mol. The topological polar surface area (TPSA) is 51.8 Å². The van der Waals surface area contributed by atoms with Crippen LogP contribution in [0, 0.1) is 5.82 Å². The van der Waals surface area contributed by atoms with E-state index in [-0.39, 0.29) is 11.2 Å². The molecule has 0 amide bonds. The van der Waals surface area contributed by atoms with Gasteiger partial charge in [0.25, 0.3) is 0 Å². The highest BCUT2D eigenvalue weighted by molar-refractivity contribution is 5.79. The van der Waals surface area contributed by atoms with Crippen LogP contribution in [0.1, 0.15) is 22.9 Å². The lowest BCUT2D eigenvalue weighted by Crippen LogP contribution is -2.20.